The maximum atomic E-state index is 11.8. The first-order valence-corrected chi connectivity index (χ1v) is 7.26. The molecule has 2 fully saturated rings. The van der Waals surface area contributed by atoms with Crippen molar-refractivity contribution >= 4 is 18.3 Å². The van der Waals surface area contributed by atoms with Gasteiger partial charge in [0.15, 0.2) is 0 Å². The van der Waals surface area contributed by atoms with Crippen molar-refractivity contribution in [3.8, 4) is 0 Å². The zero-order valence-corrected chi connectivity index (χ0v) is 12.0. The fourth-order valence-electron chi connectivity index (χ4n) is 3.32. The third-order valence-corrected chi connectivity index (χ3v) is 4.36. The molecule has 0 aliphatic heterocycles. The predicted octanol–water partition coefficient (Wildman–Crippen LogP) is 2.62. The maximum absolute atomic E-state index is 11.8. The predicted molar refractivity (Wildman–Crippen MR) is 76.8 cm³/mol. The summed E-state index contributed by atoms with van der Waals surface area (Å²) < 4.78 is 0. The first-order valence-electron chi connectivity index (χ1n) is 7.26. The lowest BCUT2D eigenvalue weighted by molar-refractivity contribution is -0.122. The summed E-state index contributed by atoms with van der Waals surface area (Å²) in [6, 6.07) is 0.362. The number of hydrogen-bond acceptors (Lipinski definition) is 2. The Hall–Kier alpha value is -0.280. The second-order valence-corrected chi connectivity index (χ2v) is 5.95. The Morgan fingerprint density at radius 1 is 1.06 bits per heavy atom. The Balaban J connectivity index is 0.00000162. The van der Waals surface area contributed by atoms with Gasteiger partial charge < -0.3 is 11.1 Å². The van der Waals surface area contributed by atoms with E-state index in [-0.39, 0.29) is 18.3 Å². The first kappa shape index (κ1) is 15.8. The van der Waals surface area contributed by atoms with Gasteiger partial charge in [0.1, 0.15) is 0 Å². The minimum absolute atomic E-state index is 0. The monoisotopic (exact) mass is 274 g/mol. The van der Waals surface area contributed by atoms with E-state index in [1.54, 1.807) is 0 Å². The van der Waals surface area contributed by atoms with Crippen molar-refractivity contribution in [3.63, 3.8) is 0 Å². The van der Waals surface area contributed by atoms with Crippen LogP contribution in [0.25, 0.3) is 0 Å². The molecule has 0 aromatic carbocycles. The number of rotatable bonds is 4. The molecule has 0 heterocycles. The van der Waals surface area contributed by atoms with Crippen LogP contribution >= 0.6 is 12.4 Å². The van der Waals surface area contributed by atoms with Gasteiger partial charge in [0.2, 0.25) is 5.91 Å². The van der Waals surface area contributed by atoms with Crippen molar-refractivity contribution in [1.82, 2.24) is 5.32 Å². The van der Waals surface area contributed by atoms with E-state index < -0.39 is 0 Å². The highest BCUT2D eigenvalue weighted by Gasteiger charge is 2.21. The lowest BCUT2D eigenvalue weighted by Gasteiger charge is -2.26. The second kappa shape index (κ2) is 8.00. The summed E-state index contributed by atoms with van der Waals surface area (Å²) >= 11 is 0. The van der Waals surface area contributed by atoms with Crippen molar-refractivity contribution in [2.45, 2.75) is 63.8 Å². The van der Waals surface area contributed by atoms with E-state index in [0.717, 1.165) is 25.8 Å². The maximum Gasteiger partial charge on any atom is 0.220 e. The van der Waals surface area contributed by atoms with Crippen molar-refractivity contribution in [1.29, 1.82) is 0 Å². The quantitative estimate of drug-likeness (QED) is 0.828. The number of carbonyl (C=O) groups is 1. The highest BCUT2D eigenvalue weighted by atomic mass is 35.5. The molecule has 3 nitrogen and oxygen atoms in total. The summed E-state index contributed by atoms with van der Waals surface area (Å²) in [7, 11) is 0. The van der Waals surface area contributed by atoms with Gasteiger partial charge in [-0.3, -0.25) is 4.79 Å². The van der Waals surface area contributed by atoms with Gasteiger partial charge >= 0.3 is 0 Å². The molecule has 18 heavy (non-hydrogen) atoms. The highest BCUT2D eigenvalue weighted by molar-refractivity contribution is 5.85. The molecular formula is C14H27ClN2O. The summed E-state index contributed by atoms with van der Waals surface area (Å²) in [4.78, 5) is 11.8. The summed E-state index contributed by atoms with van der Waals surface area (Å²) in [6.07, 6.45) is 10.6. The van der Waals surface area contributed by atoms with Crippen LogP contribution in [-0.2, 0) is 4.79 Å². The smallest absolute Gasteiger partial charge is 0.220 e. The van der Waals surface area contributed by atoms with E-state index >= 15 is 0 Å². The van der Waals surface area contributed by atoms with Crippen molar-refractivity contribution < 1.29 is 4.79 Å². The molecule has 0 aromatic rings. The minimum Gasteiger partial charge on any atom is -0.356 e. The standard InChI is InChI=1S/C14H26N2O.ClH/c15-13-7-3-6-12(8-13)10-16-14(17)9-11-4-1-2-5-11;/h11-13H,1-10,15H2,(H,16,17);1H. The Bertz CT molecular complexity index is 254. The third-order valence-electron chi connectivity index (χ3n) is 4.36. The van der Waals surface area contributed by atoms with E-state index in [1.165, 1.54) is 38.5 Å². The van der Waals surface area contributed by atoms with Crippen LogP contribution in [0.2, 0.25) is 0 Å². The molecule has 0 radical (unpaired) electrons. The van der Waals surface area contributed by atoms with Gasteiger partial charge in [0.25, 0.3) is 0 Å². The molecule has 0 spiro atoms. The zero-order valence-electron chi connectivity index (χ0n) is 11.2. The van der Waals surface area contributed by atoms with E-state index in [0.29, 0.717) is 17.9 Å². The molecule has 2 saturated carbocycles. The molecule has 1 amide bonds. The SMILES string of the molecule is Cl.NC1CCCC(CNC(=O)CC2CCCC2)C1. The van der Waals surface area contributed by atoms with E-state index in [1.807, 2.05) is 0 Å². The Morgan fingerprint density at radius 3 is 2.39 bits per heavy atom. The average Bonchev–Trinajstić information content (AvgIpc) is 2.79. The van der Waals surface area contributed by atoms with Gasteiger partial charge in [-0.15, -0.1) is 12.4 Å². The van der Waals surface area contributed by atoms with Crippen LogP contribution in [0.4, 0.5) is 0 Å². The molecule has 2 rings (SSSR count). The zero-order chi connectivity index (χ0) is 12.1. The lowest BCUT2D eigenvalue weighted by atomic mass is 9.86. The average molecular weight is 275 g/mol. The van der Waals surface area contributed by atoms with Gasteiger partial charge in [-0.05, 0) is 43.9 Å². The number of nitrogens with one attached hydrogen (secondary N) is 1. The molecule has 0 saturated heterocycles. The Morgan fingerprint density at radius 2 is 1.72 bits per heavy atom. The summed E-state index contributed by atoms with van der Waals surface area (Å²) in [5.74, 6) is 1.53. The summed E-state index contributed by atoms with van der Waals surface area (Å²) in [5, 5.41) is 3.11. The van der Waals surface area contributed by atoms with E-state index in [9.17, 15) is 4.79 Å². The largest absolute Gasteiger partial charge is 0.356 e. The van der Waals surface area contributed by atoms with Crippen LogP contribution in [0.15, 0.2) is 0 Å². The van der Waals surface area contributed by atoms with Gasteiger partial charge in [-0.25, -0.2) is 0 Å². The molecule has 2 aliphatic rings. The molecular weight excluding hydrogens is 248 g/mol. The first-order chi connectivity index (χ1) is 8.24. The lowest BCUT2D eigenvalue weighted by Crippen LogP contribution is -2.36. The minimum atomic E-state index is 0. The van der Waals surface area contributed by atoms with Crippen LogP contribution in [-0.4, -0.2) is 18.5 Å². The van der Waals surface area contributed by atoms with Crippen molar-refractivity contribution in [2.24, 2.45) is 17.6 Å². The Labute approximate surface area is 117 Å². The van der Waals surface area contributed by atoms with Gasteiger partial charge in [-0.1, -0.05) is 19.3 Å². The third kappa shape index (κ3) is 5.15. The molecule has 3 N–H and O–H groups in total. The fourth-order valence-corrected chi connectivity index (χ4v) is 3.32. The molecule has 4 heteroatoms. The van der Waals surface area contributed by atoms with Crippen LogP contribution in [0.1, 0.15) is 57.8 Å². The molecule has 0 bridgehead atoms. The molecule has 106 valence electrons. The van der Waals surface area contributed by atoms with E-state index in [2.05, 4.69) is 5.32 Å². The van der Waals surface area contributed by atoms with Crippen LogP contribution in [0.5, 0.6) is 0 Å². The molecule has 2 atom stereocenters. The summed E-state index contributed by atoms with van der Waals surface area (Å²) in [5.41, 5.74) is 5.95. The number of carbonyl (C=O) groups excluding carboxylic acids is 1. The number of hydrogen-bond donors (Lipinski definition) is 2. The van der Waals surface area contributed by atoms with Crippen LogP contribution < -0.4 is 11.1 Å². The molecule has 2 unspecified atom stereocenters. The van der Waals surface area contributed by atoms with Gasteiger partial charge in [0, 0.05) is 19.0 Å². The van der Waals surface area contributed by atoms with Crippen LogP contribution in [0.3, 0.4) is 0 Å². The number of halogens is 1. The molecule has 2 aliphatic carbocycles. The van der Waals surface area contributed by atoms with Gasteiger partial charge in [-0.2, -0.15) is 0 Å². The second-order valence-electron chi connectivity index (χ2n) is 5.95. The van der Waals surface area contributed by atoms with Gasteiger partial charge in [0.05, 0.1) is 0 Å². The van der Waals surface area contributed by atoms with Crippen molar-refractivity contribution in [3.05, 3.63) is 0 Å². The normalized spacial score (nSPS) is 28.7. The number of nitrogens with two attached hydrogens (primary N) is 1. The fraction of sp³-hybridized carbons (Fsp3) is 0.929. The number of amides is 1. The molecule has 0 aromatic heterocycles. The highest BCUT2D eigenvalue weighted by Crippen LogP contribution is 2.27. The van der Waals surface area contributed by atoms with Crippen molar-refractivity contribution in [2.75, 3.05) is 6.54 Å². The Kier molecular flexibility index (Phi) is 7.02. The van der Waals surface area contributed by atoms with E-state index in [4.69, 9.17) is 5.73 Å². The van der Waals surface area contributed by atoms with Crippen LogP contribution in [0, 0.1) is 11.8 Å². The summed E-state index contributed by atoms with van der Waals surface area (Å²) in [6.45, 7) is 0.846. The topological polar surface area (TPSA) is 55.1 Å².